The first kappa shape index (κ1) is 25.4. The van der Waals surface area contributed by atoms with Gasteiger partial charge in [0.1, 0.15) is 11.5 Å². The molecule has 33 heavy (non-hydrogen) atoms. The molecule has 7 nitrogen and oxygen atoms in total. The van der Waals surface area contributed by atoms with E-state index in [1.165, 1.54) is 16.1 Å². The number of benzene rings is 2. The minimum atomic E-state index is -3.34. The Morgan fingerprint density at radius 1 is 1.09 bits per heavy atom. The number of primary amides is 1. The van der Waals surface area contributed by atoms with E-state index in [1.54, 1.807) is 36.0 Å². The fourth-order valence-corrected chi connectivity index (χ4v) is 5.53. The summed E-state index contributed by atoms with van der Waals surface area (Å²) in [4.78, 5) is 13.6. The summed E-state index contributed by atoms with van der Waals surface area (Å²) >= 11 is 1.71. The van der Waals surface area contributed by atoms with E-state index in [0.29, 0.717) is 18.0 Å². The van der Waals surface area contributed by atoms with Crippen LogP contribution in [0.3, 0.4) is 0 Å². The molecular weight excluding hydrogens is 458 g/mol. The highest BCUT2D eigenvalue weighted by Gasteiger charge is 2.23. The first-order chi connectivity index (χ1) is 15.8. The van der Waals surface area contributed by atoms with E-state index < -0.39 is 10.0 Å². The maximum Gasteiger partial charge on any atom is 0.232 e. The molecule has 1 heterocycles. The number of nitrogens with two attached hydrogens (primary N) is 1. The Labute approximate surface area is 201 Å². The quantitative estimate of drug-likeness (QED) is 0.482. The van der Waals surface area contributed by atoms with Gasteiger partial charge in [0.2, 0.25) is 15.9 Å². The van der Waals surface area contributed by atoms with Crippen LogP contribution in [0.1, 0.15) is 25.3 Å². The van der Waals surface area contributed by atoms with Crippen LogP contribution in [-0.4, -0.2) is 56.6 Å². The number of likely N-dealkylation sites (tertiary alicyclic amines) is 1. The summed E-state index contributed by atoms with van der Waals surface area (Å²) < 4.78 is 31.7. The Morgan fingerprint density at radius 3 is 2.18 bits per heavy atom. The van der Waals surface area contributed by atoms with Gasteiger partial charge in [0.15, 0.2) is 0 Å². The van der Waals surface area contributed by atoms with Crippen LogP contribution in [0.25, 0.3) is 0 Å². The van der Waals surface area contributed by atoms with Gasteiger partial charge in [0.25, 0.3) is 0 Å². The van der Waals surface area contributed by atoms with Gasteiger partial charge in [0, 0.05) is 24.8 Å². The highest BCUT2D eigenvalue weighted by Crippen LogP contribution is 2.27. The maximum absolute atomic E-state index is 12.2. The van der Waals surface area contributed by atoms with Crippen LogP contribution in [0.5, 0.6) is 11.5 Å². The van der Waals surface area contributed by atoms with Gasteiger partial charge in [-0.3, -0.25) is 14.0 Å². The van der Waals surface area contributed by atoms with E-state index in [9.17, 15) is 13.2 Å². The fraction of sp³-hybridized carbons (Fsp3) is 0.458. The third kappa shape index (κ3) is 7.65. The topological polar surface area (TPSA) is 92.9 Å². The molecule has 2 aromatic carbocycles. The lowest BCUT2D eigenvalue weighted by molar-refractivity contribution is -0.123. The van der Waals surface area contributed by atoms with Gasteiger partial charge in [0.05, 0.1) is 11.9 Å². The Balaban J connectivity index is 1.56. The molecule has 0 aliphatic carbocycles. The number of piperidine rings is 1. The van der Waals surface area contributed by atoms with Gasteiger partial charge < -0.3 is 10.5 Å². The lowest BCUT2D eigenvalue weighted by atomic mass is 9.96. The number of carbonyl (C=O) groups is 1. The Hall–Kier alpha value is -2.23. The molecule has 2 N–H and O–H groups in total. The van der Waals surface area contributed by atoms with Crippen LogP contribution in [-0.2, 0) is 21.4 Å². The minimum absolute atomic E-state index is 0.00292. The van der Waals surface area contributed by atoms with Crippen LogP contribution in [0, 0.1) is 5.92 Å². The van der Waals surface area contributed by atoms with Gasteiger partial charge in [-0.2, -0.15) is 11.8 Å². The molecule has 2 aromatic rings. The van der Waals surface area contributed by atoms with Crippen molar-refractivity contribution in [3.05, 3.63) is 54.1 Å². The van der Waals surface area contributed by atoms with E-state index in [4.69, 9.17) is 10.5 Å². The predicted molar refractivity (Wildman–Crippen MR) is 135 cm³/mol. The molecule has 0 radical (unpaired) electrons. The molecule has 0 unspecified atom stereocenters. The zero-order valence-corrected chi connectivity index (χ0v) is 20.9. The molecular formula is C24H33N3O4S2. The first-order valence-electron chi connectivity index (χ1n) is 11.2. The van der Waals surface area contributed by atoms with Gasteiger partial charge >= 0.3 is 0 Å². The van der Waals surface area contributed by atoms with E-state index in [2.05, 4.69) is 11.8 Å². The molecule has 1 aliphatic heterocycles. The summed E-state index contributed by atoms with van der Waals surface area (Å²) in [7, 11) is -3.34. The average Bonchev–Trinajstić information content (AvgIpc) is 2.78. The second kappa shape index (κ2) is 11.8. The number of anilines is 1. The number of amides is 1. The number of carbonyl (C=O) groups excluding carboxylic acids is 1. The summed E-state index contributed by atoms with van der Waals surface area (Å²) in [6.45, 7) is 5.08. The highest BCUT2D eigenvalue weighted by atomic mass is 32.2. The largest absolute Gasteiger partial charge is 0.457 e. The molecule has 9 heteroatoms. The zero-order chi connectivity index (χ0) is 23.8. The van der Waals surface area contributed by atoms with Crippen LogP contribution in [0.15, 0.2) is 48.5 Å². The normalized spacial score (nSPS) is 15.3. The molecule has 0 saturated carbocycles. The standard InChI is InChI=1S/C24H33N3O4S2/c1-3-32-17-16-27(33(2,29)30)21-6-10-23(11-7-21)31-22-8-4-19(5-9-22)18-26-14-12-20(13-15-26)24(25)28/h4-11,20H,3,12-18H2,1-2H3,(H2,25,28). The molecule has 0 aromatic heterocycles. The summed E-state index contributed by atoms with van der Waals surface area (Å²) in [5.74, 6) is 2.88. The van der Waals surface area contributed by atoms with Crippen LogP contribution < -0.4 is 14.8 Å². The number of nitrogens with zero attached hydrogens (tertiary/aromatic N) is 2. The van der Waals surface area contributed by atoms with Crippen molar-refractivity contribution in [1.82, 2.24) is 4.90 Å². The van der Waals surface area contributed by atoms with E-state index in [0.717, 1.165) is 49.7 Å². The Morgan fingerprint density at radius 2 is 1.67 bits per heavy atom. The second-order valence-electron chi connectivity index (χ2n) is 8.22. The van der Waals surface area contributed by atoms with Crippen LogP contribution >= 0.6 is 11.8 Å². The van der Waals surface area contributed by atoms with E-state index >= 15 is 0 Å². The Bertz CT molecular complexity index is 1000. The number of ether oxygens (including phenoxy) is 1. The molecule has 1 aliphatic rings. The molecule has 3 rings (SSSR count). The molecule has 0 spiro atoms. The summed E-state index contributed by atoms with van der Waals surface area (Å²) in [6, 6.07) is 15.1. The van der Waals surface area contributed by atoms with Gasteiger partial charge in [-0.25, -0.2) is 8.42 Å². The highest BCUT2D eigenvalue weighted by molar-refractivity contribution is 7.99. The number of thioether (sulfide) groups is 1. The molecule has 180 valence electrons. The molecule has 1 fully saturated rings. The van der Waals surface area contributed by atoms with E-state index in [-0.39, 0.29) is 11.8 Å². The smallest absolute Gasteiger partial charge is 0.232 e. The monoisotopic (exact) mass is 491 g/mol. The van der Waals surface area contributed by atoms with Crippen molar-refractivity contribution in [3.63, 3.8) is 0 Å². The van der Waals surface area contributed by atoms with Crippen molar-refractivity contribution in [2.24, 2.45) is 11.7 Å². The van der Waals surface area contributed by atoms with Gasteiger partial charge in [-0.1, -0.05) is 19.1 Å². The van der Waals surface area contributed by atoms with Gasteiger partial charge in [-0.05, 0) is 73.6 Å². The van der Waals surface area contributed by atoms with Crippen molar-refractivity contribution in [2.45, 2.75) is 26.3 Å². The lowest BCUT2D eigenvalue weighted by Crippen LogP contribution is -2.38. The number of hydrogen-bond donors (Lipinski definition) is 1. The average molecular weight is 492 g/mol. The SMILES string of the molecule is CCSCCN(c1ccc(Oc2ccc(CN3CCC(C(N)=O)CC3)cc2)cc1)S(C)(=O)=O. The van der Waals surface area contributed by atoms with Crippen molar-refractivity contribution < 1.29 is 17.9 Å². The molecule has 0 atom stereocenters. The summed E-state index contributed by atoms with van der Waals surface area (Å²) in [5, 5.41) is 0. The zero-order valence-electron chi connectivity index (χ0n) is 19.3. The maximum atomic E-state index is 12.2. The molecule has 1 amide bonds. The molecule has 1 saturated heterocycles. The van der Waals surface area contributed by atoms with Crippen molar-refractivity contribution in [3.8, 4) is 11.5 Å². The lowest BCUT2D eigenvalue weighted by Gasteiger charge is -2.30. The number of rotatable bonds is 11. The summed E-state index contributed by atoms with van der Waals surface area (Å²) in [5.41, 5.74) is 7.23. The minimum Gasteiger partial charge on any atom is -0.457 e. The van der Waals surface area contributed by atoms with Crippen LogP contribution in [0.4, 0.5) is 5.69 Å². The van der Waals surface area contributed by atoms with Crippen molar-refractivity contribution in [2.75, 3.05) is 41.7 Å². The number of hydrogen-bond acceptors (Lipinski definition) is 6. The van der Waals surface area contributed by atoms with Crippen molar-refractivity contribution >= 4 is 33.4 Å². The number of sulfonamides is 1. The van der Waals surface area contributed by atoms with Gasteiger partial charge in [-0.15, -0.1) is 0 Å². The third-order valence-electron chi connectivity index (χ3n) is 5.72. The fourth-order valence-electron chi connectivity index (χ4n) is 3.89. The Kier molecular flexibility index (Phi) is 9.05. The summed E-state index contributed by atoms with van der Waals surface area (Å²) in [6.07, 6.45) is 2.87. The van der Waals surface area contributed by atoms with Crippen molar-refractivity contribution in [1.29, 1.82) is 0 Å². The predicted octanol–water partition coefficient (Wildman–Crippen LogP) is 3.70. The van der Waals surface area contributed by atoms with E-state index in [1.807, 2.05) is 24.3 Å². The first-order valence-corrected chi connectivity index (χ1v) is 14.2. The molecule has 0 bridgehead atoms. The second-order valence-corrected chi connectivity index (χ2v) is 11.5. The van der Waals surface area contributed by atoms with Crippen LogP contribution in [0.2, 0.25) is 0 Å². The third-order valence-corrected chi connectivity index (χ3v) is 7.80.